The highest BCUT2D eigenvalue weighted by atomic mass is 35.5. The summed E-state index contributed by atoms with van der Waals surface area (Å²) >= 11 is 6.61. The van der Waals surface area contributed by atoms with E-state index < -0.39 is 0 Å². The second kappa shape index (κ2) is 9.56. The van der Waals surface area contributed by atoms with Crippen molar-refractivity contribution in [2.75, 3.05) is 45.8 Å². The Labute approximate surface area is 215 Å². The number of hydrogen-bond acceptors (Lipinski definition) is 5. The van der Waals surface area contributed by atoms with Gasteiger partial charge < -0.3 is 29.4 Å². The number of phenolic OH excluding ortho intramolecular Hbond substituents is 1. The number of alkyl halides is 1. The van der Waals surface area contributed by atoms with Crippen molar-refractivity contribution in [2.45, 2.75) is 18.2 Å². The third-order valence-corrected chi connectivity index (χ3v) is 7.12. The number of amides is 1. The molecule has 1 amide bonds. The number of likely N-dealkylation sites (N-methyl/N-ethyl adjacent to an activating group) is 1. The average Bonchev–Trinajstić information content (AvgIpc) is 3.44. The van der Waals surface area contributed by atoms with E-state index in [9.17, 15) is 9.90 Å². The predicted molar refractivity (Wildman–Crippen MR) is 144 cm³/mol. The van der Waals surface area contributed by atoms with Crippen molar-refractivity contribution in [3.8, 4) is 17.2 Å². The Morgan fingerprint density at radius 2 is 1.94 bits per heavy atom. The number of anilines is 1. The molecule has 1 aliphatic rings. The lowest BCUT2D eigenvalue weighted by Gasteiger charge is -2.18. The van der Waals surface area contributed by atoms with Gasteiger partial charge in [0.05, 0.1) is 12.8 Å². The van der Waals surface area contributed by atoms with Gasteiger partial charge in [0.1, 0.15) is 18.1 Å². The first kappa shape index (κ1) is 24.3. The molecule has 0 radical (unpaired) electrons. The molecule has 2 atom stereocenters. The summed E-state index contributed by atoms with van der Waals surface area (Å²) in [5, 5.41) is 13.1. The van der Waals surface area contributed by atoms with Crippen molar-refractivity contribution >= 4 is 44.9 Å². The van der Waals surface area contributed by atoms with Gasteiger partial charge in [-0.2, -0.15) is 0 Å². The van der Waals surface area contributed by atoms with Crippen molar-refractivity contribution in [2.24, 2.45) is 0 Å². The lowest BCUT2D eigenvalue weighted by molar-refractivity contribution is 0.0984. The molecule has 3 aromatic carbocycles. The largest absolute Gasteiger partial charge is 0.507 e. The number of rotatable bonds is 7. The molecule has 2 N–H and O–H groups in total. The molecular formula is C28H30ClN3O4. The third kappa shape index (κ3) is 4.22. The van der Waals surface area contributed by atoms with E-state index in [1.807, 2.05) is 68.4 Å². The quantitative estimate of drug-likeness (QED) is 0.330. The Kier molecular flexibility index (Phi) is 6.45. The van der Waals surface area contributed by atoms with Crippen LogP contribution in [0.5, 0.6) is 17.2 Å². The highest BCUT2D eigenvalue weighted by molar-refractivity contribution is 6.22. The Morgan fingerprint density at radius 1 is 1.19 bits per heavy atom. The number of benzene rings is 3. The van der Waals surface area contributed by atoms with Crippen molar-refractivity contribution in [3.05, 3.63) is 59.8 Å². The average molecular weight is 508 g/mol. The minimum Gasteiger partial charge on any atom is -0.507 e. The van der Waals surface area contributed by atoms with Gasteiger partial charge in [-0.15, -0.1) is 11.6 Å². The van der Waals surface area contributed by atoms with E-state index in [-0.39, 0.29) is 23.0 Å². The fourth-order valence-electron chi connectivity index (χ4n) is 4.94. The number of carbonyl (C=O) groups excluding carboxylic acids is 1. The van der Waals surface area contributed by atoms with Gasteiger partial charge in [-0.25, -0.2) is 0 Å². The third-order valence-electron chi connectivity index (χ3n) is 6.81. The molecule has 7 nitrogen and oxygen atoms in total. The highest BCUT2D eigenvalue weighted by Crippen LogP contribution is 2.47. The van der Waals surface area contributed by atoms with E-state index in [0.29, 0.717) is 36.0 Å². The van der Waals surface area contributed by atoms with E-state index in [1.165, 1.54) is 0 Å². The number of hydrogen-bond donors (Lipinski definition) is 2. The Bertz CT molecular complexity index is 1450. The Morgan fingerprint density at radius 3 is 2.64 bits per heavy atom. The van der Waals surface area contributed by atoms with E-state index >= 15 is 0 Å². The van der Waals surface area contributed by atoms with Crippen molar-refractivity contribution in [3.63, 3.8) is 0 Å². The van der Waals surface area contributed by atoms with Crippen molar-refractivity contribution in [1.82, 2.24) is 9.88 Å². The van der Waals surface area contributed by atoms with Gasteiger partial charge in [0.2, 0.25) is 0 Å². The molecule has 0 saturated heterocycles. The minimum absolute atomic E-state index is 0.0581. The summed E-state index contributed by atoms with van der Waals surface area (Å²) in [5.74, 6) is 1.13. The molecule has 8 heteroatoms. The lowest BCUT2D eigenvalue weighted by Crippen LogP contribution is -2.31. The minimum atomic E-state index is -0.191. The number of methoxy groups -OCH3 is 1. The number of H-pyrrole nitrogens is 1. The second-order valence-corrected chi connectivity index (χ2v) is 10.2. The van der Waals surface area contributed by atoms with Crippen LogP contribution in [0.15, 0.2) is 48.5 Å². The smallest absolute Gasteiger partial charge is 0.274 e. The van der Waals surface area contributed by atoms with Crippen LogP contribution in [0.25, 0.3) is 21.7 Å². The van der Waals surface area contributed by atoms with Gasteiger partial charge in [0.15, 0.2) is 11.5 Å². The topological polar surface area (TPSA) is 78.0 Å². The maximum atomic E-state index is 13.8. The first-order valence-electron chi connectivity index (χ1n) is 12.0. The van der Waals surface area contributed by atoms with Gasteiger partial charge in [-0.3, -0.25) is 4.79 Å². The normalized spacial score (nSPS) is 16.1. The van der Waals surface area contributed by atoms with Crippen LogP contribution in [0.4, 0.5) is 5.69 Å². The number of carbonyl (C=O) groups is 1. The van der Waals surface area contributed by atoms with Crippen LogP contribution >= 0.6 is 11.6 Å². The zero-order valence-electron chi connectivity index (χ0n) is 20.8. The van der Waals surface area contributed by atoms with Crippen LogP contribution < -0.4 is 14.4 Å². The number of phenols is 1. The van der Waals surface area contributed by atoms with Crippen molar-refractivity contribution < 1.29 is 19.4 Å². The number of aromatic hydroxyl groups is 1. The first-order valence-corrected chi connectivity index (χ1v) is 12.4. The summed E-state index contributed by atoms with van der Waals surface area (Å²) < 4.78 is 11.5. The zero-order chi connectivity index (χ0) is 25.6. The number of aromatic amines is 1. The van der Waals surface area contributed by atoms with Crippen LogP contribution in [0, 0.1) is 0 Å². The predicted octanol–water partition coefficient (Wildman–Crippen LogP) is 5.35. The molecule has 0 unspecified atom stereocenters. The molecule has 0 aliphatic carbocycles. The summed E-state index contributed by atoms with van der Waals surface area (Å²) in [6.07, 6.45) is 0. The van der Waals surface area contributed by atoms with Gasteiger partial charge in [-0.05, 0) is 44.1 Å². The Balaban J connectivity index is 1.53. The number of aromatic nitrogens is 1. The molecule has 1 aromatic heterocycles. The molecule has 1 aliphatic heterocycles. The van der Waals surface area contributed by atoms with Crippen LogP contribution in [-0.2, 0) is 0 Å². The molecule has 188 valence electrons. The van der Waals surface area contributed by atoms with Crippen LogP contribution in [-0.4, -0.2) is 67.2 Å². The first-order chi connectivity index (χ1) is 17.3. The molecule has 0 saturated carbocycles. The summed E-state index contributed by atoms with van der Waals surface area (Å²) in [6, 6.07) is 14.9. The van der Waals surface area contributed by atoms with Crippen LogP contribution in [0.1, 0.15) is 28.9 Å². The van der Waals surface area contributed by atoms with Gasteiger partial charge in [-0.1, -0.05) is 24.3 Å². The molecule has 0 fully saturated rings. The number of ether oxygens (including phenoxy) is 2. The molecule has 0 spiro atoms. The maximum Gasteiger partial charge on any atom is 0.274 e. The Hall–Kier alpha value is -3.42. The van der Waals surface area contributed by atoms with E-state index in [4.69, 9.17) is 21.1 Å². The molecule has 36 heavy (non-hydrogen) atoms. The molecule has 5 rings (SSSR count). The molecular weight excluding hydrogens is 478 g/mol. The van der Waals surface area contributed by atoms with E-state index in [2.05, 4.69) is 4.98 Å². The summed E-state index contributed by atoms with van der Waals surface area (Å²) in [4.78, 5) is 20.8. The molecule has 2 heterocycles. The standard InChI is InChI=1S/C28H30ClN3O4/c1-16(29)20-15-32(23-14-24(33)18-7-5-6-8-19(18)27(20)23)28(34)22-11-17-12-26(36-10-9-31(2)3)25(35-4)13-21(17)30-22/h5-8,11-14,16,20,30,33H,9-10,15H2,1-4H3/t16-,20+/m1/s1. The summed E-state index contributed by atoms with van der Waals surface area (Å²) in [6.45, 7) is 3.67. The second-order valence-electron chi connectivity index (χ2n) is 9.50. The van der Waals surface area contributed by atoms with Gasteiger partial charge >= 0.3 is 0 Å². The lowest BCUT2D eigenvalue weighted by atomic mass is 9.92. The highest BCUT2D eigenvalue weighted by Gasteiger charge is 2.37. The number of nitrogens with zero attached hydrogens (tertiary/aromatic N) is 2. The maximum absolute atomic E-state index is 13.8. The summed E-state index contributed by atoms with van der Waals surface area (Å²) in [5.41, 5.74) is 2.91. The van der Waals surface area contributed by atoms with Gasteiger partial charge in [0, 0.05) is 52.8 Å². The monoisotopic (exact) mass is 507 g/mol. The van der Waals surface area contributed by atoms with Crippen LogP contribution in [0.2, 0.25) is 0 Å². The van der Waals surface area contributed by atoms with Crippen LogP contribution in [0.3, 0.4) is 0 Å². The number of fused-ring (bicyclic) bond motifs is 4. The molecule has 0 bridgehead atoms. The fourth-order valence-corrected chi connectivity index (χ4v) is 5.15. The molecule has 4 aromatic rings. The summed E-state index contributed by atoms with van der Waals surface area (Å²) in [7, 11) is 5.57. The van der Waals surface area contributed by atoms with E-state index in [0.717, 1.165) is 33.8 Å². The zero-order valence-corrected chi connectivity index (χ0v) is 21.6. The number of halogens is 1. The number of nitrogens with one attached hydrogen (secondary N) is 1. The van der Waals surface area contributed by atoms with E-state index in [1.54, 1.807) is 18.1 Å². The van der Waals surface area contributed by atoms with Crippen molar-refractivity contribution in [1.29, 1.82) is 0 Å². The van der Waals surface area contributed by atoms with Gasteiger partial charge in [0.25, 0.3) is 5.91 Å². The SMILES string of the molecule is COc1cc2[nH]c(C(=O)N3C[C@@H]([C@@H](C)Cl)c4c3cc(O)c3ccccc43)cc2cc1OCCN(C)C. The fraction of sp³-hybridized carbons (Fsp3) is 0.321.